The Morgan fingerprint density at radius 2 is 2.07 bits per heavy atom. The molecule has 1 rings (SSSR count). The second-order valence-electron chi connectivity index (χ2n) is 3.69. The minimum atomic E-state index is 0.0284. The fraction of sp³-hybridized carbons (Fsp3) is 0.455. The summed E-state index contributed by atoms with van der Waals surface area (Å²) >= 11 is 0. The highest BCUT2D eigenvalue weighted by Gasteiger charge is 2.15. The number of phenolic OH excluding ortho intramolecular Hbond substituents is 2. The van der Waals surface area contributed by atoms with Crippen molar-refractivity contribution in [2.45, 2.75) is 13.0 Å². The lowest BCUT2D eigenvalue weighted by Gasteiger charge is -2.25. The summed E-state index contributed by atoms with van der Waals surface area (Å²) in [6.07, 6.45) is 0. The quantitative estimate of drug-likeness (QED) is 0.650. The molecule has 4 heteroatoms. The lowest BCUT2D eigenvalue weighted by atomic mass is 10.1. The van der Waals surface area contributed by atoms with Crippen LogP contribution >= 0.6 is 0 Å². The van der Waals surface area contributed by atoms with Gasteiger partial charge in [0.25, 0.3) is 0 Å². The van der Waals surface area contributed by atoms with Crippen LogP contribution in [0.25, 0.3) is 0 Å². The molecule has 0 saturated carbocycles. The maximum absolute atomic E-state index is 9.65. The summed E-state index contributed by atoms with van der Waals surface area (Å²) in [6.45, 7) is 3.28. The SMILES string of the molecule is CC(c1cc(O)ccc1O)N(C)CCN. The molecule has 84 valence electrons. The third-order valence-electron chi connectivity index (χ3n) is 2.60. The second kappa shape index (κ2) is 5.00. The lowest BCUT2D eigenvalue weighted by Crippen LogP contribution is -2.28. The summed E-state index contributed by atoms with van der Waals surface area (Å²) in [5, 5.41) is 19.0. The molecule has 1 aromatic carbocycles. The Morgan fingerprint density at radius 3 is 2.67 bits per heavy atom. The maximum Gasteiger partial charge on any atom is 0.120 e. The van der Waals surface area contributed by atoms with Crippen LogP contribution in [-0.4, -0.2) is 35.3 Å². The molecule has 0 aliphatic heterocycles. The van der Waals surface area contributed by atoms with Crippen molar-refractivity contribution in [3.05, 3.63) is 23.8 Å². The third-order valence-corrected chi connectivity index (χ3v) is 2.60. The van der Waals surface area contributed by atoms with Gasteiger partial charge in [0.2, 0.25) is 0 Å². The number of nitrogens with two attached hydrogens (primary N) is 1. The highest BCUT2D eigenvalue weighted by molar-refractivity contribution is 5.40. The fourth-order valence-corrected chi connectivity index (χ4v) is 1.51. The Labute approximate surface area is 89.9 Å². The van der Waals surface area contributed by atoms with Gasteiger partial charge in [-0.3, -0.25) is 4.90 Å². The fourth-order valence-electron chi connectivity index (χ4n) is 1.51. The van der Waals surface area contributed by atoms with Crippen molar-refractivity contribution in [3.63, 3.8) is 0 Å². The minimum Gasteiger partial charge on any atom is -0.508 e. The number of rotatable bonds is 4. The molecule has 0 aromatic heterocycles. The Morgan fingerprint density at radius 1 is 1.40 bits per heavy atom. The van der Waals surface area contributed by atoms with Gasteiger partial charge in [-0.05, 0) is 32.2 Å². The summed E-state index contributed by atoms with van der Waals surface area (Å²) in [7, 11) is 1.93. The Hall–Kier alpha value is -1.26. The molecule has 0 aliphatic carbocycles. The summed E-state index contributed by atoms with van der Waals surface area (Å²) in [4.78, 5) is 2.02. The molecular formula is C11H18N2O2. The van der Waals surface area contributed by atoms with Crippen LogP contribution in [0.2, 0.25) is 0 Å². The molecule has 4 nitrogen and oxygen atoms in total. The number of phenols is 2. The Bertz CT molecular complexity index is 328. The zero-order chi connectivity index (χ0) is 11.4. The third kappa shape index (κ3) is 2.84. The van der Waals surface area contributed by atoms with Crippen LogP contribution in [0, 0.1) is 0 Å². The van der Waals surface area contributed by atoms with E-state index in [1.165, 1.54) is 12.1 Å². The van der Waals surface area contributed by atoms with E-state index in [1.54, 1.807) is 6.07 Å². The van der Waals surface area contributed by atoms with Crippen molar-refractivity contribution in [1.29, 1.82) is 0 Å². The van der Waals surface area contributed by atoms with Crippen LogP contribution in [0.15, 0.2) is 18.2 Å². The molecule has 0 bridgehead atoms. The molecule has 0 heterocycles. The van der Waals surface area contributed by atoms with E-state index in [2.05, 4.69) is 0 Å². The number of aromatic hydroxyl groups is 2. The maximum atomic E-state index is 9.65. The summed E-state index contributed by atoms with van der Waals surface area (Å²) < 4.78 is 0. The molecule has 15 heavy (non-hydrogen) atoms. The molecule has 0 aliphatic rings. The first kappa shape index (κ1) is 11.8. The van der Waals surface area contributed by atoms with Gasteiger partial charge in [0.1, 0.15) is 11.5 Å². The monoisotopic (exact) mass is 210 g/mol. The molecule has 0 saturated heterocycles. The highest BCUT2D eigenvalue weighted by Crippen LogP contribution is 2.30. The smallest absolute Gasteiger partial charge is 0.120 e. The van der Waals surface area contributed by atoms with Gasteiger partial charge in [-0.1, -0.05) is 0 Å². The number of likely N-dealkylation sites (N-methyl/N-ethyl adjacent to an activating group) is 1. The van der Waals surface area contributed by atoms with Crippen LogP contribution in [0.5, 0.6) is 11.5 Å². The molecule has 0 spiro atoms. The number of benzene rings is 1. The van der Waals surface area contributed by atoms with Crippen LogP contribution in [0.4, 0.5) is 0 Å². The van der Waals surface area contributed by atoms with E-state index < -0.39 is 0 Å². The predicted octanol–water partition coefficient (Wildman–Crippen LogP) is 1.05. The van der Waals surface area contributed by atoms with Gasteiger partial charge in [-0.15, -0.1) is 0 Å². The van der Waals surface area contributed by atoms with Gasteiger partial charge in [0, 0.05) is 24.7 Å². The largest absolute Gasteiger partial charge is 0.508 e. The van der Waals surface area contributed by atoms with Gasteiger partial charge in [0.05, 0.1) is 0 Å². The van der Waals surface area contributed by atoms with Gasteiger partial charge < -0.3 is 15.9 Å². The van der Waals surface area contributed by atoms with Crippen LogP contribution in [0.1, 0.15) is 18.5 Å². The van der Waals surface area contributed by atoms with E-state index in [9.17, 15) is 10.2 Å². The predicted molar refractivity (Wildman–Crippen MR) is 59.9 cm³/mol. The normalized spacial score (nSPS) is 13.1. The van der Waals surface area contributed by atoms with Crippen molar-refractivity contribution < 1.29 is 10.2 Å². The van der Waals surface area contributed by atoms with Crippen LogP contribution in [0.3, 0.4) is 0 Å². The van der Waals surface area contributed by atoms with E-state index in [0.29, 0.717) is 12.1 Å². The van der Waals surface area contributed by atoms with Crippen LogP contribution < -0.4 is 5.73 Å². The standard InChI is InChI=1S/C11H18N2O2/c1-8(13(2)6-5-12)10-7-9(14)3-4-11(10)15/h3-4,7-8,14-15H,5-6,12H2,1-2H3. The molecule has 0 fully saturated rings. The summed E-state index contributed by atoms with van der Waals surface area (Å²) in [6, 6.07) is 4.57. The first-order valence-electron chi connectivity index (χ1n) is 4.98. The lowest BCUT2D eigenvalue weighted by molar-refractivity contribution is 0.262. The van der Waals surface area contributed by atoms with Gasteiger partial charge >= 0.3 is 0 Å². The molecule has 1 unspecified atom stereocenters. The summed E-state index contributed by atoms with van der Waals surface area (Å²) in [5.41, 5.74) is 6.17. The Kier molecular flexibility index (Phi) is 3.94. The topological polar surface area (TPSA) is 69.7 Å². The average Bonchev–Trinajstić information content (AvgIpc) is 2.21. The second-order valence-corrected chi connectivity index (χ2v) is 3.69. The van der Waals surface area contributed by atoms with E-state index >= 15 is 0 Å². The number of hydrogen-bond acceptors (Lipinski definition) is 4. The molecule has 0 radical (unpaired) electrons. The summed E-state index contributed by atoms with van der Waals surface area (Å²) in [5.74, 6) is 0.361. The molecular weight excluding hydrogens is 192 g/mol. The first-order chi connectivity index (χ1) is 7.06. The van der Waals surface area contributed by atoms with Crippen molar-refractivity contribution >= 4 is 0 Å². The molecule has 1 aromatic rings. The van der Waals surface area contributed by atoms with Gasteiger partial charge in [-0.25, -0.2) is 0 Å². The molecule has 4 N–H and O–H groups in total. The van der Waals surface area contributed by atoms with E-state index in [-0.39, 0.29) is 17.5 Å². The van der Waals surface area contributed by atoms with Crippen molar-refractivity contribution in [2.24, 2.45) is 5.73 Å². The van der Waals surface area contributed by atoms with Crippen molar-refractivity contribution in [1.82, 2.24) is 4.90 Å². The molecule has 1 atom stereocenters. The minimum absolute atomic E-state index is 0.0284. The first-order valence-corrected chi connectivity index (χ1v) is 4.98. The molecule has 0 amide bonds. The van der Waals surface area contributed by atoms with E-state index in [0.717, 1.165) is 6.54 Å². The Balaban J connectivity index is 2.89. The highest BCUT2D eigenvalue weighted by atomic mass is 16.3. The van der Waals surface area contributed by atoms with Crippen LogP contribution in [-0.2, 0) is 0 Å². The number of nitrogens with zero attached hydrogens (tertiary/aromatic N) is 1. The van der Waals surface area contributed by atoms with Crippen molar-refractivity contribution in [3.8, 4) is 11.5 Å². The van der Waals surface area contributed by atoms with Crippen molar-refractivity contribution in [2.75, 3.05) is 20.1 Å². The van der Waals surface area contributed by atoms with Gasteiger partial charge in [-0.2, -0.15) is 0 Å². The van der Waals surface area contributed by atoms with E-state index in [1.807, 2.05) is 18.9 Å². The number of hydrogen-bond donors (Lipinski definition) is 3. The zero-order valence-electron chi connectivity index (χ0n) is 9.14. The average molecular weight is 210 g/mol. The zero-order valence-corrected chi connectivity index (χ0v) is 9.14. The van der Waals surface area contributed by atoms with E-state index in [4.69, 9.17) is 5.73 Å². The van der Waals surface area contributed by atoms with Gasteiger partial charge in [0.15, 0.2) is 0 Å².